The van der Waals surface area contributed by atoms with E-state index in [0.717, 1.165) is 5.69 Å². The second-order valence-corrected chi connectivity index (χ2v) is 2.65. The van der Waals surface area contributed by atoms with E-state index < -0.39 is 0 Å². The van der Waals surface area contributed by atoms with Crippen molar-refractivity contribution in [1.82, 2.24) is 0 Å². The third kappa shape index (κ3) is 2.14. The molecule has 5 heteroatoms. The van der Waals surface area contributed by atoms with Gasteiger partial charge in [-0.1, -0.05) is 12.1 Å². The van der Waals surface area contributed by atoms with E-state index in [1.54, 1.807) is 18.2 Å². The third-order valence-corrected chi connectivity index (χ3v) is 1.80. The van der Waals surface area contributed by atoms with E-state index in [1.165, 1.54) is 0 Å². The van der Waals surface area contributed by atoms with Crippen LogP contribution in [0.5, 0.6) is 5.75 Å². The standard InChI is InChI=1S/C10H5N3O.Na.H/c11-5-7(6-12)10-13-8-3-1-2-4-9(8)14-10;;/h1-4,13H;;/q;+1;-1. The first-order valence-corrected chi connectivity index (χ1v) is 3.93. The van der Waals surface area contributed by atoms with Gasteiger partial charge >= 0.3 is 29.6 Å². The van der Waals surface area contributed by atoms with Gasteiger partial charge in [0, 0.05) is 0 Å². The molecule has 0 aromatic heterocycles. The average molecular weight is 207 g/mol. The number of benzene rings is 1. The van der Waals surface area contributed by atoms with Crippen molar-refractivity contribution in [2.75, 3.05) is 5.32 Å². The summed E-state index contributed by atoms with van der Waals surface area (Å²) >= 11 is 0. The third-order valence-electron chi connectivity index (χ3n) is 1.80. The van der Waals surface area contributed by atoms with Crippen molar-refractivity contribution in [3.8, 4) is 17.9 Å². The van der Waals surface area contributed by atoms with E-state index in [-0.39, 0.29) is 42.4 Å². The maximum Gasteiger partial charge on any atom is 1.00 e. The van der Waals surface area contributed by atoms with E-state index in [4.69, 9.17) is 15.3 Å². The summed E-state index contributed by atoms with van der Waals surface area (Å²) in [5.41, 5.74) is 0.715. The average Bonchev–Trinajstić information content (AvgIpc) is 2.63. The van der Waals surface area contributed by atoms with Gasteiger partial charge in [0.2, 0.25) is 5.88 Å². The van der Waals surface area contributed by atoms with Gasteiger partial charge in [-0.3, -0.25) is 0 Å². The fraction of sp³-hybridized carbons (Fsp3) is 0. The molecule has 0 aliphatic carbocycles. The van der Waals surface area contributed by atoms with Crippen molar-refractivity contribution in [2.24, 2.45) is 0 Å². The Kier molecular flexibility index (Phi) is 3.76. The first-order chi connectivity index (χ1) is 6.85. The number of nitriles is 2. The Labute approximate surface area is 111 Å². The molecule has 15 heavy (non-hydrogen) atoms. The first kappa shape index (κ1) is 11.6. The second-order valence-electron chi connectivity index (χ2n) is 2.65. The number of hydrogen-bond acceptors (Lipinski definition) is 4. The monoisotopic (exact) mass is 207 g/mol. The summed E-state index contributed by atoms with van der Waals surface area (Å²) in [5, 5.41) is 20.1. The van der Waals surface area contributed by atoms with Gasteiger partial charge in [0.1, 0.15) is 12.1 Å². The van der Waals surface area contributed by atoms with Crippen LogP contribution in [0.3, 0.4) is 0 Å². The number of rotatable bonds is 0. The molecule has 1 aliphatic heterocycles. The fourth-order valence-corrected chi connectivity index (χ4v) is 1.16. The largest absolute Gasteiger partial charge is 1.00 e. The number of ether oxygens (including phenoxy) is 1. The minimum Gasteiger partial charge on any atom is -1.00 e. The maximum absolute atomic E-state index is 8.62. The van der Waals surface area contributed by atoms with Crippen LogP contribution in [0.4, 0.5) is 5.69 Å². The van der Waals surface area contributed by atoms with Crippen LogP contribution in [0.15, 0.2) is 35.7 Å². The van der Waals surface area contributed by atoms with E-state index in [9.17, 15) is 0 Å². The zero-order valence-corrected chi connectivity index (χ0v) is 10.1. The smallest absolute Gasteiger partial charge is 1.00 e. The van der Waals surface area contributed by atoms with Crippen molar-refractivity contribution in [1.29, 1.82) is 10.5 Å². The molecule has 1 aliphatic rings. The normalized spacial score (nSPS) is 10.9. The zero-order valence-electron chi connectivity index (χ0n) is 9.11. The molecular weight excluding hydrogens is 201 g/mol. The second kappa shape index (κ2) is 4.86. The number of anilines is 1. The summed E-state index contributed by atoms with van der Waals surface area (Å²) in [6.07, 6.45) is 0. The van der Waals surface area contributed by atoms with Crippen LogP contribution in [0.1, 0.15) is 1.43 Å². The number of allylic oxidation sites excluding steroid dienone is 1. The van der Waals surface area contributed by atoms with E-state index in [0.29, 0.717) is 5.75 Å². The molecule has 0 radical (unpaired) electrons. The van der Waals surface area contributed by atoms with Crippen LogP contribution in [-0.4, -0.2) is 0 Å². The molecule has 0 unspecified atom stereocenters. The van der Waals surface area contributed by atoms with E-state index in [1.807, 2.05) is 18.2 Å². The van der Waals surface area contributed by atoms with Crippen LogP contribution in [0.2, 0.25) is 0 Å². The van der Waals surface area contributed by atoms with Gasteiger partial charge < -0.3 is 11.5 Å². The molecule has 0 bridgehead atoms. The Balaban J connectivity index is 0.00000112. The van der Waals surface area contributed by atoms with Crippen LogP contribution < -0.4 is 39.6 Å². The van der Waals surface area contributed by atoms with Gasteiger partial charge in [0.05, 0.1) is 5.69 Å². The molecule has 4 nitrogen and oxygen atoms in total. The quantitative estimate of drug-likeness (QED) is 0.431. The maximum atomic E-state index is 8.62. The summed E-state index contributed by atoms with van der Waals surface area (Å²) in [7, 11) is 0. The SMILES string of the molecule is N#CC(C#N)=C1Nc2ccccc2O1.[H-].[Na+]. The Hall–Kier alpha value is -1.46. The number of fused-ring (bicyclic) bond motifs is 1. The van der Waals surface area contributed by atoms with Crippen molar-refractivity contribution in [3.63, 3.8) is 0 Å². The van der Waals surface area contributed by atoms with Gasteiger partial charge in [0.25, 0.3) is 0 Å². The predicted octanol–water partition coefficient (Wildman–Crippen LogP) is -1.13. The van der Waals surface area contributed by atoms with Crippen LogP contribution >= 0.6 is 0 Å². The molecule has 0 atom stereocenters. The molecule has 2 rings (SSSR count). The molecule has 0 fully saturated rings. The van der Waals surface area contributed by atoms with E-state index >= 15 is 0 Å². The summed E-state index contributed by atoms with van der Waals surface area (Å²) in [6, 6.07) is 10.8. The molecule has 0 saturated carbocycles. The molecule has 1 aromatic rings. The molecule has 0 spiro atoms. The van der Waals surface area contributed by atoms with Gasteiger partial charge in [-0.2, -0.15) is 10.5 Å². The molecule has 1 N–H and O–H groups in total. The molecule has 0 saturated heterocycles. The summed E-state index contributed by atoms with van der Waals surface area (Å²) in [5.74, 6) is 0.835. The Morgan fingerprint density at radius 3 is 2.53 bits per heavy atom. The van der Waals surface area contributed by atoms with Gasteiger partial charge in [-0.15, -0.1) is 0 Å². The number of nitrogens with zero attached hydrogens (tertiary/aromatic N) is 2. The van der Waals surface area contributed by atoms with Gasteiger partial charge in [-0.05, 0) is 12.1 Å². The zero-order chi connectivity index (χ0) is 9.97. The number of hydrogen-bond donors (Lipinski definition) is 1. The van der Waals surface area contributed by atoms with Crippen molar-refractivity contribution >= 4 is 5.69 Å². The Bertz CT molecular complexity index is 459. The predicted molar refractivity (Wildman–Crippen MR) is 50.1 cm³/mol. The first-order valence-electron chi connectivity index (χ1n) is 3.93. The Morgan fingerprint density at radius 2 is 1.93 bits per heavy atom. The number of para-hydroxylation sites is 2. The minimum atomic E-state index is -0.0544. The van der Waals surface area contributed by atoms with Crippen molar-refractivity contribution in [2.45, 2.75) is 0 Å². The van der Waals surface area contributed by atoms with E-state index in [2.05, 4.69) is 5.32 Å². The van der Waals surface area contributed by atoms with Crippen molar-refractivity contribution < 1.29 is 35.7 Å². The van der Waals surface area contributed by atoms with Crippen LogP contribution in [0, 0.1) is 22.7 Å². The van der Waals surface area contributed by atoms with Crippen molar-refractivity contribution in [3.05, 3.63) is 35.7 Å². The topological polar surface area (TPSA) is 68.8 Å². The van der Waals surface area contributed by atoms with Gasteiger partial charge in [-0.25, -0.2) is 0 Å². The minimum absolute atomic E-state index is 0. The molecule has 68 valence electrons. The Morgan fingerprint density at radius 1 is 1.27 bits per heavy atom. The molecule has 1 aromatic carbocycles. The molecular formula is C10H6N3NaO. The van der Waals surface area contributed by atoms with Crippen LogP contribution in [0.25, 0.3) is 0 Å². The summed E-state index contributed by atoms with van der Waals surface area (Å²) in [4.78, 5) is 0. The van der Waals surface area contributed by atoms with Gasteiger partial charge in [0.15, 0.2) is 11.3 Å². The summed E-state index contributed by atoms with van der Waals surface area (Å²) < 4.78 is 5.27. The molecule has 1 heterocycles. The molecule has 0 amide bonds. The number of nitrogens with one attached hydrogen (secondary N) is 1. The summed E-state index contributed by atoms with van der Waals surface area (Å²) in [6.45, 7) is 0. The fourth-order valence-electron chi connectivity index (χ4n) is 1.16. The van der Waals surface area contributed by atoms with Crippen LogP contribution in [-0.2, 0) is 0 Å².